The van der Waals surface area contributed by atoms with Crippen molar-refractivity contribution in [3.05, 3.63) is 94.8 Å². The SMILES string of the molecule is COc1ccc(CCNC(=S)Nc2nc(NC(=S)Nc3ccccc3)nc(Oc3cc(=O)oc4ccccc34)n2)cc1OC. The summed E-state index contributed by atoms with van der Waals surface area (Å²) in [6.45, 7) is 0.512. The monoisotopic (exact) mass is 629 g/mol. The predicted molar refractivity (Wildman–Crippen MR) is 176 cm³/mol. The first kappa shape index (κ1) is 30.1. The van der Waals surface area contributed by atoms with Gasteiger partial charge in [0.1, 0.15) is 11.3 Å². The van der Waals surface area contributed by atoms with Crippen LogP contribution in [0.25, 0.3) is 11.0 Å². The standard InChI is InChI=1S/C30H27N7O5S2/c1-39-22-13-12-18(16-24(22)40-2)14-15-31-29(43)36-26-33-27(37-30(44)32-19-8-4-3-5-9-19)35-28(34-26)42-23-17-25(38)41-21-11-7-6-10-20(21)23/h3-13,16-17H,14-15H2,1-2H3,(H4,31,32,33,34,35,36,37,43,44). The van der Waals surface area contributed by atoms with Crippen molar-refractivity contribution in [2.75, 3.05) is 36.7 Å². The molecular formula is C30H27N7O5S2. The fourth-order valence-electron chi connectivity index (χ4n) is 4.07. The van der Waals surface area contributed by atoms with Gasteiger partial charge in [0.15, 0.2) is 21.7 Å². The first-order chi connectivity index (χ1) is 21.4. The Morgan fingerprint density at radius 3 is 2.23 bits per heavy atom. The average Bonchev–Trinajstić information content (AvgIpc) is 3.01. The van der Waals surface area contributed by atoms with Gasteiger partial charge >= 0.3 is 11.6 Å². The van der Waals surface area contributed by atoms with Crippen LogP contribution in [0, 0.1) is 0 Å². The molecule has 0 aliphatic heterocycles. The van der Waals surface area contributed by atoms with Crippen LogP contribution in [0.3, 0.4) is 0 Å². The molecule has 0 saturated carbocycles. The molecule has 0 aliphatic rings. The molecule has 0 fully saturated rings. The number of nitrogens with one attached hydrogen (secondary N) is 4. The van der Waals surface area contributed by atoms with Crippen LogP contribution in [0.5, 0.6) is 23.3 Å². The van der Waals surface area contributed by atoms with Crippen LogP contribution >= 0.6 is 24.4 Å². The van der Waals surface area contributed by atoms with E-state index in [2.05, 4.69) is 36.2 Å². The Hall–Kier alpha value is -5.34. The summed E-state index contributed by atoms with van der Waals surface area (Å²) in [6.07, 6.45) is 0.656. The molecule has 12 nitrogen and oxygen atoms in total. The maximum absolute atomic E-state index is 12.2. The number of ether oxygens (including phenoxy) is 3. The van der Waals surface area contributed by atoms with E-state index in [9.17, 15) is 4.79 Å². The number of fused-ring (bicyclic) bond motifs is 1. The average molecular weight is 630 g/mol. The molecule has 224 valence electrons. The molecule has 0 aliphatic carbocycles. The van der Waals surface area contributed by atoms with E-state index in [0.717, 1.165) is 11.3 Å². The highest BCUT2D eigenvalue weighted by atomic mass is 32.1. The molecule has 2 heterocycles. The number of thiocarbonyl (C=S) groups is 2. The fourth-order valence-corrected chi connectivity index (χ4v) is 4.47. The number of benzene rings is 3. The molecule has 5 aromatic rings. The highest BCUT2D eigenvalue weighted by molar-refractivity contribution is 7.80. The lowest BCUT2D eigenvalue weighted by Crippen LogP contribution is -2.31. The summed E-state index contributed by atoms with van der Waals surface area (Å²) in [5, 5.41) is 13.2. The van der Waals surface area contributed by atoms with Crippen molar-refractivity contribution in [3.8, 4) is 23.3 Å². The van der Waals surface area contributed by atoms with Crippen molar-refractivity contribution >= 4 is 63.2 Å². The summed E-state index contributed by atoms with van der Waals surface area (Å²) < 4.78 is 21.9. The summed E-state index contributed by atoms with van der Waals surface area (Å²) in [6, 6.07) is 23.1. The lowest BCUT2D eigenvalue weighted by atomic mass is 10.1. The van der Waals surface area contributed by atoms with Crippen LogP contribution in [0.15, 0.2) is 88.1 Å². The minimum Gasteiger partial charge on any atom is -0.493 e. The van der Waals surface area contributed by atoms with E-state index in [1.807, 2.05) is 48.5 Å². The zero-order valence-corrected chi connectivity index (χ0v) is 25.3. The summed E-state index contributed by atoms with van der Waals surface area (Å²) in [7, 11) is 3.18. The Labute approximate surface area is 262 Å². The van der Waals surface area contributed by atoms with Gasteiger partial charge < -0.3 is 39.9 Å². The molecule has 0 atom stereocenters. The van der Waals surface area contributed by atoms with Gasteiger partial charge in [-0.1, -0.05) is 36.4 Å². The van der Waals surface area contributed by atoms with Crippen molar-refractivity contribution in [1.29, 1.82) is 0 Å². The Morgan fingerprint density at radius 1 is 0.773 bits per heavy atom. The largest absolute Gasteiger partial charge is 0.493 e. The number of nitrogens with zero attached hydrogens (tertiary/aromatic N) is 3. The van der Waals surface area contributed by atoms with Gasteiger partial charge in [-0.15, -0.1) is 0 Å². The third-order valence-corrected chi connectivity index (χ3v) is 6.51. The van der Waals surface area contributed by atoms with Crippen molar-refractivity contribution in [2.45, 2.75) is 6.42 Å². The number of aromatic nitrogens is 3. The Kier molecular flexibility index (Phi) is 9.74. The minimum atomic E-state index is -0.586. The van der Waals surface area contributed by atoms with Crippen molar-refractivity contribution in [1.82, 2.24) is 20.3 Å². The van der Waals surface area contributed by atoms with Gasteiger partial charge in [0, 0.05) is 12.2 Å². The van der Waals surface area contributed by atoms with E-state index in [1.54, 1.807) is 38.5 Å². The molecular weight excluding hydrogens is 603 g/mol. The molecule has 2 aromatic heterocycles. The minimum absolute atomic E-state index is 0.0753. The predicted octanol–water partition coefficient (Wildman–Crippen LogP) is 5.13. The number of anilines is 3. The number of rotatable bonds is 10. The molecule has 0 spiro atoms. The van der Waals surface area contributed by atoms with E-state index < -0.39 is 5.63 Å². The fraction of sp³-hybridized carbons (Fsp3) is 0.133. The molecule has 14 heteroatoms. The molecule has 0 amide bonds. The van der Waals surface area contributed by atoms with Crippen molar-refractivity contribution in [3.63, 3.8) is 0 Å². The van der Waals surface area contributed by atoms with Gasteiger partial charge in [0.2, 0.25) is 11.9 Å². The summed E-state index contributed by atoms with van der Waals surface area (Å²) in [5.41, 5.74) is 1.57. The summed E-state index contributed by atoms with van der Waals surface area (Å²) in [5.74, 6) is 1.66. The summed E-state index contributed by atoms with van der Waals surface area (Å²) in [4.78, 5) is 25.3. The topological polar surface area (TPSA) is 145 Å². The lowest BCUT2D eigenvalue weighted by molar-refractivity contribution is 0.354. The van der Waals surface area contributed by atoms with E-state index in [-0.39, 0.29) is 33.9 Å². The first-order valence-electron chi connectivity index (χ1n) is 13.3. The molecule has 3 aromatic carbocycles. The van der Waals surface area contributed by atoms with E-state index in [4.69, 9.17) is 43.1 Å². The number of methoxy groups -OCH3 is 2. The van der Waals surface area contributed by atoms with Crippen molar-refractivity contribution in [2.24, 2.45) is 0 Å². The summed E-state index contributed by atoms with van der Waals surface area (Å²) >= 11 is 10.9. The molecule has 44 heavy (non-hydrogen) atoms. The van der Waals surface area contributed by atoms with Gasteiger partial charge in [-0.2, -0.15) is 15.0 Å². The number of hydrogen-bond acceptors (Lipinski definition) is 10. The Morgan fingerprint density at radius 2 is 1.48 bits per heavy atom. The Balaban J connectivity index is 1.33. The third-order valence-electron chi connectivity index (χ3n) is 6.06. The van der Waals surface area contributed by atoms with Crippen LogP contribution in [0.2, 0.25) is 0 Å². The normalized spacial score (nSPS) is 10.5. The third kappa shape index (κ3) is 7.93. The second kappa shape index (κ2) is 14.2. The van der Waals surface area contributed by atoms with Crippen LogP contribution in [0.1, 0.15) is 5.56 Å². The molecule has 0 saturated heterocycles. The number of para-hydroxylation sites is 2. The first-order valence-corrected chi connectivity index (χ1v) is 14.1. The van der Waals surface area contributed by atoms with E-state index >= 15 is 0 Å². The molecule has 0 bridgehead atoms. The molecule has 4 N–H and O–H groups in total. The van der Waals surface area contributed by atoms with Gasteiger partial charge in [-0.25, -0.2) is 4.79 Å². The van der Waals surface area contributed by atoms with E-state index in [1.165, 1.54) is 6.07 Å². The van der Waals surface area contributed by atoms with Crippen LogP contribution in [-0.4, -0.2) is 45.9 Å². The van der Waals surface area contributed by atoms with Gasteiger partial charge in [0.05, 0.1) is 25.7 Å². The van der Waals surface area contributed by atoms with Gasteiger partial charge in [0.25, 0.3) is 0 Å². The van der Waals surface area contributed by atoms with Crippen molar-refractivity contribution < 1.29 is 18.6 Å². The maximum atomic E-state index is 12.2. The second-order valence-electron chi connectivity index (χ2n) is 9.06. The quantitative estimate of drug-likeness (QED) is 0.120. The second-order valence-corrected chi connectivity index (χ2v) is 9.87. The number of hydrogen-bond donors (Lipinski definition) is 4. The zero-order valence-electron chi connectivity index (χ0n) is 23.6. The molecule has 5 rings (SSSR count). The lowest BCUT2D eigenvalue weighted by Gasteiger charge is -2.14. The van der Waals surface area contributed by atoms with Gasteiger partial charge in [-0.3, -0.25) is 0 Å². The highest BCUT2D eigenvalue weighted by Gasteiger charge is 2.14. The molecule has 0 unspecified atom stereocenters. The highest BCUT2D eigenvalue weighted by Crippen LogP contribution is 2.28. The van der Waals surface area contributed by atoms with Crippen LogP contribution in [-0.2, 0) is 6.42 Å². The molecule has 0 radical (unpaired) electrons. The van der Waals surface area contributed by atoms with E-state index in [0.29, 0.717) is 35.4 Å². The Bertz CT molecular complexity index is 1850. The zero-order chi connectivity index (χ0) is 30.9. The van der Waals surface area contributed by atoms with Gasteiger partial charge in [-0.05, 0) is 72.8 Å². The smallest absolute Gasteiger partial charge is 0.339 e. The van der Waals surface area contributed by atoms with Crippen LogP contribution < -0.4 is 41.1 Å². The van der Waals surface area contributed by atoms with Crippen LogP contribution in [0.4, 0.5) is 17.6 Å². The maximum Gasteiger partial charge on any atom is 0.339 e.